The highest BCUT2D eigenvalue weighted by Gasteiger charge is 2.29. The summed E-state index contributed by atoms with van der Waals surface area (Å²) in [5, 5.41) is 0. The van der Waals surface area contributed by atoms with E-state index in [-0.39, 0.29) is 6.61 Å². The van der Waals surface area contributed by atoms with Gasteiger partial charge >= 0.3 is 12.3 Å². The third-order valence-electron chi connectivity index (χ3n) is 0.673. The van der Waals surface area contributed by atoms with E-state index in [0.29, 0.717) is 0 Å². The van der Waals surface area contributed by atoms with Gasteiger partial charge in [0, 0.05) is 0 Å². The van der Waals surface area contributed by atoms with E-state index in [1.54, 1.807) is 0 Å². The predicted molar refractivity (Wildman–Crippen MR) is 33.6 cm³/mol. The highest BCUT2D eigenvalue weighted by molar-refractivity contribution is 5.59. The molecule has 70 valence electrons. The second-order valence-electron chi connectivity index (χ2n) is 1.75. The molecular formula is C6H7F3O3. The summed E-state index contributed by atoms with van der Waals surface area (Å²) in [5.41, 5.74) is 0. The number of ether oxygens (including phenoxy) is 2. The molecule has 12 heavy (non-hydrogen) atoms. The van der Waals surface area contributed by atoms with Crippen LogP contribution in [0.5, 0.6) is 0 Å². The number of halogens is 3. The lowest BCUT2D eigenvalue weighted by Gasteiger charge is -2.06. The molecule has 0 atom stereocenters. The van der Waals surface area contributed by atoms with Gasteiger partial charge in [0.2, 0.25) is 0 Å². The first-order chi connectivity index (χ1) is 5.45. The molecule has 0 heterocycles. The summed E-state index contributed by atoms with van der Waals surface area (Å²) in [6, 6.07) is 0. The Kier molecular flexibility index (Phi) is 4.17. The minimum Gasteiger partial charge on any atom is -0.430 e. The molecule has 0 spiro atoms. The Bertz CT molecular complexity index is 164. The monoisotopic (exact) mass is 184 g/mol. The molecule has 0 saturated carbocycles. The highest BCUT2D eigenvalue weighted by atomic mass is 19.4. The lowest BCUT2D eigenvalue weighted by Crippen LogP contribution is -2.20. The van der Waals surface area contributed by atoms with Crippen LogP contribution in [0.3, 0.4) is 0 Å². The van der Waals surface area contributed by atoms with Crippen LogP contribution in [-0.2, 0) is 9.47 Å². The first kappa shape index (κ1) is 10.8. The molecule has 0 rings (SSSR count). The van der Waals surface area contributed by atoms with E-state index in [9.17, 15) is 18.0 Å². The molecule has 0 N–H and O–H groups in total. The summed E-state index contributed by atoms with van der Waals surface area (Å²) >= 11 is 0. The van der Waals surface area contributed by atoms with Crippen molar-refractivity contribution in [3.05, 3.63) is 12.7 Å². The molecule has 0 fully saturated rings. The minimum absolute atomic E-state index is 0.170. The molecular weight excluding hydrogens is 177 g/mol. The second kappa shape index (κ2) is 4.63. The quantitative estimate of drug-likeness (QED) is 0.496. The molecule has 0 saturated heterocycles. The van der Waals surface area contributed by atoms with Crippen LogP contribution in [0.15, 0.2) is 12.7 Å². The van der Waals surface area contributed by atoms with Gasteiger partial charge in [-0.15, -0.1) is 0 Å². The first-order valence-corrected chi connectivity index (χ1v) is 2.93. The summed E-state index contributed by atoms with van der Waals surface area (Å²) in [7, 11) is 0. The maximum Gasteiger partial charge on any atom is 0.508 e. The van der Waals surface area contributed by atoms with Gasteiger partial charge in [-0.1, -0.05) is 12.7 Å². The van der Waals surface area contributed by atoms with E-state index >= 15 is 0 Å². The Hall–Kier alpha value is -1.20. The molecule has 0 bridgehead atoms. The van der Waals surface area contributed by atoms with E-state index in [0.717, 1.165) is 0 Å². The number of hydrogen-bond acceptors (Lipinski definition) is 3. The standard InChI is InChI=1S/C6H7F3O3/c1-2-3-11-5(10)12-4-6(7,8)9/h2H,1,3-4H2. The van der Waals surface area contributed by atoms with Gasteiger partial charge in [0.1, 0.15) is 6.61 Å². The fraction of sp³-hybridized carbons (Fsp3) is 0.500. The average Bonchev–Trinajstić information content (AvgIpc) is 1.95. The van der Waals surface area contributed by atoms with Crippen molar-refractivity contribution in [2.75, 3.05) is 13.2 Å². The Morgan fingerprint density at radius 1 is 1.42 bits per heavy atom. The zero-order chi connectivity index (χ0) is 9.61. The molecule has 0 aromatic carbocycles. The van der Waals surface area contributed by atoms with Crippen LogP contribution in [0.25, 0.3) is 0 Å². The smallest absolute Gasteiger partial charge is 0.430 e. The van der Waals surface area contributed by atoms with Crippen molar-refractivity contribution < 1.29 is 27.4 Å². The third-order valence-corrected chi connectivity index (χ3v) is 0.673. The van der Waals surface area contributed by atoms with Gasteiger partial charge in [0.05, 0.1) is 0 Å². The number of carbonyl (C=O) groups excluding carboxylic acids is 1. The number of hydrogen-bond donors (Lipinski definition) is 0. The van der Waals surface area contributed by atoms with Crippen LogP contribution < -0.4 is 0 Å². The Morgan fingerprint density at radius 2 is 2.00 bits per heavy atom. The average molecular weight is 184 g/mol. The van der Waals surface area contributed by atoms with Gasteiger partial charge in [-0.3, -0.25) is 0 Å². The van der Waals surface area contributed by atoms with Crippen molar-refractivity contribution in [2.24, 2.45) is 0 Å². The van der Waals surface area contributed by atoms with Crippen LogP contribution in [0.1, 0.15) is 0 Å². The van der Waals surface area contributed by atoms with Gasteiger partial charge in [0.25, 0.3) is 0 Å². The molecule has 0 aromatic heterocycles. The molecule has 0 aliphatic rings. The predicted octanol–water partition coefficient (Wildman–Crippen LogP) is 1.89. The summed E-state index contributed by atoms with van der Waals surface area (Å²) in [6.45, 7) is 1.38. The maximum absolute atomic E-state index is 11.4. The van der Waals surface area contributed by atoms with Crippen molar-refractivity contribution in [3.8, 4) is 0 Å². The van der Waals surface area contributed by atoms with Crippen LogP contribution in [0.2, 0.25) is 0 Å². The van der Waals surface area contributed by atoms with E-state index in [1.807, 2.05) is 0 Å². The summed E-state index contributed by atoms with van der Waals surface area (Å²) in [6.07, 6.45) is -4.66. The molecule has 0 aliphatic heterocycles. The fourth-order valence-corrected chi connectivity index (χ4v) is 0.309. The zero-order valence-electron chi connectivity index (χ0n) is 6.06. The molecule has 0 unspecified atom stereocenters. The van der Waals surface area contributed by atoms with Crippen molar-refractivity contribution >= 4 is 6.16 Å². The molecule has 0 aromatic rings. The number of alkyl halides is 3. The molecule has 0 amide bonds. The first-order valence-electron chi connectivity index (χ1n) is 2.93. The van der Waals surface area contributed by atoms with Gasteiger partial charge in [-0.25, -0.2) is 4.79 Å². The van der Waals surface area contributed by atoms with E-state index in [1.165, 1.54) is 6.08 Å². The highest BCUT2D eigenvalue weighted by Crippen LogP contribution is 2.14. The van der Waals surface area contributed by atoms with Crippen molar-refractivity contribution in [3.63, 3.8) is 0 Å². The lowest BCUT2D eigenvalue weighted by atomic mass is 10.7. The molecule has 6 heteroatoms. The summed E-state index contributed by atoms with van der Waals surface area (Å²) < 4.78 is 41.9. The van der Waals surface area contributed by atoms with Gasteiger partial charge in [-0.05, 0) is 0 Å². The topological polar surface area (TPSA) is 35.5 Å². The van der Waals surface area contributed by atoms with E-state index < -0.39 is 18.9 Å². The largest absolute Gasteiger partial charge is 0.508 e. The normalized spacial score (nSPS) is 10.6. The van der Waals surface area contributed by atoms with Crippen LogP contribution in [-0.4, -0.2) is 25.5 Å². The van der Waals surface area contributed by atoms with Gasteiger partial charge in [-0.2, -0.15) is 13.2 Å². The summed E-state index contributed by atoms with van der Waals surface area (Å²) in [4.78, 5) is 10.3. The molecule has 3 nitrogen and oxygen atoms in total. The molecule has 0 aliphatic carbocycles. The van der Waals surface area contributed by atoms with Crippen molar-refractivity contribution in [1.82, 2.24) is 0 Å². The molecule has 0 radical (unpaired) electrons. The minimum atomic E-state index is -4.52. The maximum atomic E-state index is 11.4. The van der Waals surface area contributed by atoms with Gasteiger partial charge in [0.15, 0.2) is 6.61 Å². The van der Waals surface area contributed by atoms with Crippen molar-refractivity contribution in [1.29, 1.82) is 0 Å². The number of carbonyl (C=O) groups is 1. The van der Waals surface area contributed by atoms with E-state index in [4.69, 9.17) is 0 Å². The fourth-order valence-electron chi connectivity index (χ4n) is 0.309. The van der Waals surface area contributed by atoms with Crippen molar-refractivity contribution in [2.45, 2.75) is 6.18 Å². The Morgan fingerprint density at radius 3 is 2.42 bits per heavy atom. The van der Waals surface area contributed by atoms with Crippen LogP contribution in [0, 0.1) is 0 Å². The SMILES string of the molecule is C=CCOC(=O)OCC(F)(F)F. The van der Waals surface area contributed by atoms with E-state index in [2.05, 4.69) is 16.1 Å². The Balaban J connectivity index is 3.51. The third kappa shape index (κ3) is 6.91. The number of rotatable bonds is 3. The lowest BCUT2D eigenvalue weighted by molar-refractivity contribution is -0.165. The Labute approximate surface area is 66.8 Å². The summed E-state index contributed by atoms with van der Waals surface area (Å²) in [5.74, 6) is 0. The zero-order valence-corrected chi connectivity index (χ0v) is 6.06. The second-order valence-corrected chi connectivity index (χ2v) is 1.75. The van der Waals surface area contributed by atoms with Gasteiger partial charge < -0.3 is 9.47 Å². The van der Waals surface area contributed by atoms with Crippen LogP contribution >= 0.6 is 0 Å². The van der Waals surface area contributed by atoms with Crippen LogP contribution in [0.4, 0.5) is 18.0 Å².